The number of halogens is 2. The maximum absolute atomic E-state index is 12.7. The van der Waals surface area contributed by atoms with E-state index in [9.17, 15) is 9.59 Å². The van der Waals surface area contributed by atoms with Crippen LogP contribution in [0, 0.1) is 5.41 Å². The SMILES string of the molecule is N=C1/C(=C/c2ccc(-c3ccc(Cl)c(Cl)c3)o2)C(=O)N=C2SC(CC(=O)N3CCCCC3)=NN12. The van der Waals surface area contributed by atoms with Crippen molar-refractivity contribution in [2.24, 2.45) is 10.1 Å². The number of furan rings is 1. The number of likely N-dealkylation sites (tertiary alicyclic amines) is 1. The lowest BCUT2D eigenvalue weighted by molar-refractivity contribution is -0.130. The lowest BCUT2D eigenvalue weighted by Crippen LogP contribution is -2.36. The van der Waals surface area contributed by atoms with Crippen LogP contribution in [0.3, 0.4) is 0 Å². The summed E-state index contributed by atoms with van der Waals surface area (Å²) in [4.78, 5) is 31.1. The zero-order valence-electron chi connectivity index (χ0n) is 17.9. The predicted molar refractivity (Wildman–Crippen MR) is 134 cm³/mol. The molecule has 0 aliphatic carbocycles. The maximum Gasteiger partial charge on any atom is 0.283 e. The molecule has 0 unspecified atom stereocenters. The third-order valence-electron chi connectivity index (χ3n) is 5.63. The Hall–Kier alpha value is -2.88. The first-order chi connectivity index (χ1) is 16.4. The first-order valence-corrected chi connectivity index (χ1v) is 12.3. The smallest absolute Gasteiger partial charge is 0.283 e. The highest BCUT2D eigenvalue weighted by atomic mass is 35.5. The van der Waals surface area contributed by atoms with Gasteiger partial charge in [-0.05, 0) is 67.4 Å². The summed E-state index contributed by atoms with van der Waals surface area (Å²) in [6.07, 6.45) is 4.76. The number of hydrogen-bond acceptors (Lipinski definition) is 6. The second-order valence-corrected chi connectivity index (χ2v) is 9.82. The minimum Gasteiger partial charge on any atom is -0.457 e. The monoisotopic (exact) mass is 515 g/mol. The number of aliphatic imine (C=N–C) groups is 1. The Labute approximate surface area is 209 Å². The number of amidine groups is 2. The second-order valence-electron chi connectivity index (χ2n) is 7.96. The quantitative estimate of drug-likeness (QED) is 0.558. The Bertz CT molecular complexity index is 1290. The molecule has 3 aliphatic heterocycles. The fourth-order valence-electron chi connectivity index (χ4n) is 3.86. The molecule has 11 heteroatoms. The average molecular weight is 516 g/mol. The van der Waals surface area contributed by atoms with Crippen LogP contribution in [0.5, 0.6) is 0 Å². The zero-order valence-corrected chi connectivity index (χ0v) is 20.2. The number of hydrazone groups is 1. The Morgan fingerprint density at radius 3 is 2.71 bits per heavy atom. The first-order valence-electron chi connectivity index (χ1n) is 10.7. The normalized spacial score (nSPS) is 19.4. The van der Waals surface area contributed by atoms with E-state index >= 15 is 0 Å². The maximum atomic E-state index is 12.7. The summed E-state index contributed by atoms with van der Waals surface area (Å²) < 4.78 is 5.83. The molecule has 1 aromatic heterocycles. The molecular formula is C23H19Cl2N5O3S. The highest BCUT2D eigenvalue weighted by Gasteiger charge is 2.36. The molecule has 5 rings (SSSR count). The van der Waals surface area contributed by atoms with Gasteiger partial charge < -0.3 is 9.32 Å². The van der Waals surface area contributed by atoms with E-state index in [-0.39, 0.29) is 28.9 Å². The van der Waals surface area contributed by atoms with E-state index < -0.39 is 5.91 Å². The average Bonchev–Trinajstić information content (AvgIpc) is 3.46. The summed E-state index contributed by atoms with van der Waals surface area (Å²) >= 11 is 13.2. The van der Waals surface area contributed by atoms with E-state index in [1.807, 2.05) is 4.90 Å². The molecule has 0 radical (unpaired) electrons. The molecule has 3 aliphatic rings. The van der Waals surface area contributed by atoms with Gasteiger partial charge in [0, 0.05) is 18.7 Å². The number of rotatable bonds is 4. The van der Waals surface area contributed by atoms with E-state index in [0.717, 1.165) is 49.7 Å². The number of thioether (sulfide) groups is 1. The van der Waals surface area contributed by atoms with Gasteiger partial charge in [-0.15, -0.1) is 0 Å². The molecule has 0 spiro atoms. The standard InChI is InChI=1S/C23H19Cl2N5O3S/c24-16-6-4-13(10-17(16)25)18-7-5-14(33-18)11-15-21(26)30-23(27-22(15)32)34-19(28-30)12-20(31)29-8-2-1-3-9-29/h4-7,10-11,26H,1-3,8-9,12H2/b15-11-,26-21?. The zero-order chi connectivity index (χ0) is 23.8. The molecule has 1 N–H and O–H groups in total. The van der Waals surface area contributed by atoms with Crippen LogP contribution in [0.25, 0.3) is 17.4 Å². The summed E-state index contributed by atoms with van der Waals surface area (Å²) in [6, 6.07) is 8.57. The van der Waals surface area contributed by atoms with E-state index in [4.69, 9.17) is 33.0 Å². The van der Waals surface area contributed by atoms with Crippen molar-refractivity contribution in [2.75, 3.05) is 13.1 Å². The van der Waals surface area contributed by atoms with Crippen LogP contribution >= 0.6 is 35.0 Å². The molecule has 1 fully saturated rings. The van der Waals surface area contributed by atoms with Crippen molar-refractivity contribution in [2.45, 2.75) is 25.7 Å². The number of nitrogens with one attached hydrogen (secondary N) is 1. The Morgan fingerprint density at radius 2 is 1.94 bits per heavy atom. The molecule has 1 aromatic carbocycles. The number of carbonyl (C=O) groups excluding carboxylic acids is 2. The van der Waals surface area contributed by atoms with Crippen molar-refractivity contribution in [3.63, 3.8) is 0 Å². The van der Waals surface area contributed by atoms with Crippen LogP contribution in [0.4, 0.5) is 0 Å². The van der Waals surface area contributed by atoms with Crippen molar-refractivity contribution < 1.29 is 14.0 Å². The van der Waals surface area contributed by atoms with Gasteiger partial charge in [0.05, 0.1) is 22.0 Å². The van der Waals surface area contributed by atoms with Crippen molar-refractivity contribution in [1.82, 2.24) is 9.91 Å². The summed E-state index contributed by atoms with van der Waals surface area (Å²) in [5, 5.41) is 15.8. The van der Waals surface area contributed by atoms with Crippen molar-refractivity contribution in [1.29, 1.82) is 5.41 Å². The molecule has 2 amide bonds. The van der Waals surface area contributed by atoms with Gasteiger partial charge in [-0.2, -0.15) is 15.1 Å². The third-order valence-corrected chi connectivity index (χ3v) is 7.27. The number of carbonyl (C=O) groups is 2. The minimum atomic E-state index is -0.560. The summed E-state index contributed by atoms with van der Waals surface area (Å²) in [5.41, 5.74) is 0.778. The van der Waals surface area contributed by atoms with E-state index in [2.05, 4.69) is 10.1 Å². The van der Waals surface area contributed by atoms with Crippen LogP contribution < -0.4 is 0 Å². The Balaban J connectivity index is 1.33. The van der Waals surface area contributed by atoms with Crippen molar-refractivity contribution in [3.8, 4) is 11.3 Å². The number of benzene rings is 1. The summed E-state index contributed by atoms with van der Waals surface area (Å²) in [7, 11) is 0. The molecule has 1 saturated heterocycles. The number of hydrogen-bond donors (Lipinski definition) is 1. The van der Waals surface area contributed by atoms with E-state index in [1.165, 1.54) is 11.1 Å². The molecule has 0 bridgehead atoms. The van der Waals surface area contributed by atoms with Gasteiger partial charge in [0.15, 0.2) is 5.84 Å². The van der Waals surface area contributed by atoms with E-state index in [1.54, 1.807) is 30.3 Å². The van der Waals surface area contributed by atoms with Crippen molar-refractivity contribution >= 4 is 68.9 Å². The molecule has 34 heavy (non-hydrogen) atoms. The summed E-state index contributed by atoms with van der Waals surface area (Å²) in [5.74, 6) is 0.248. The van der Waals surface area contributed by atoms with Gasteiger partial charge in [-0.25, -0.2) is 0 Å². The second kappa shape index (κ2) is 9.40. The number of amides is 2. The van der Waals surface area contributed by atoms with Crippen LogP contribution in [-0.2, 0) is 9.59 Å². The molecular weight excluding hydrogens is 497 g/mol. The van der Waals surface area contributed by atoms with Gasteiger partial charge in [0.25, 0.3) is 5.91 Å². The first kappa shape index (κ1) is 22.9. The van der Waals surface area contributed by atoms with Crippen molar-refractivity contribution in [3.05, 3.63) is 51.7 Å². The highest BCUT2D eigenvalue weighted by Crippen LogP contribution is 2.32. The largest absolute Gasteiger partial charge is 0.457 e. The minimum absolute atomic E-state index is 0.00503. The Kier molecular flexibility index (Phi) is 6.33. The van der Waals surface area contributed by atoms with Gasteiger partial charge in [0.1, 0.15) is 16.6 Å². The van der Waals surface area contributed by atoms with E-state index in [0.29, 0.717) is 26.6 Å². The van der Waals surface area contributed by atoms with Crippen LogP contribution in [-0.4, -0.2) is 50.9 Å². The number of nitrogens with zero attached hydrogens (tertiary/aromatic N) is 4. The number of piperidine rings is 1. The third kappa shape index (κ3) is 4.55. The molecule has 4 heterocycles. The fraction of sp³-hybridized carbons (Fsp3) is 0.261. The van der Waals surface area contributed by atoms with Gasteiger partial charge in [-0.1, -0.05) is 23.2 Å². The molecule has 0 saturated carbocycles. The molecule has 8 nitrogen and oxygen atoms in total. The van der Waals surface area contributed by atoms with Crippen LogP contribution in [0.1, 0.15) is 31.4 Å². The van der Waals surface area contributed by atoms with Gasteiger partial charge >= 0.3 is 0 Å². The lowest BCUT2D eigenvalue weighted by atomic mass is 10.1. The molecule has 2 aromatic rings. The van der Waals surface area contributed by atoms with Crippen LogP contribution in [0.15, 0.2) is 50.4 Å². The summed E-state index contributed by atoms with van der Waals surface area (Å²) in [6.45, 7) is 1.52. The van der Waals surface area contributed by atoms with Gasteiger partial charge in [-0.3, -0.25) is 15.0 Å². The van der Waals surface area contributed by atoms with Gasteiger partial charge in [0.2, 0.25) is 11.1 Å². The molecule has 174 valence electrons. The Morgan fingerprint density at radius 1 is 1.15 bits per heavy atom. The predicted octanol–water partition coefficient (Wildman–Crippen LogP) is 5.28. The number of fused-ring (bicyclic) bond motifs is 1. The lowest BCUT2D eigenvalue weighted by Gasteiger charge is -2.26. The highest BCUT2D eigenvalue weighted by molar-refractivity contribution is 8.27. The van der Waals surface area contributed by atoms with Crippen LogP contribution in [0.2, 0.25) is 10.0 Å². The fourth-order valence-corrected chi connectivity index (χ4v) is 5.04. The topological polar surface area (TPSA) is 102 Å². The molecule has 0 atom stereocenters.